The lowest BCUT2D eigenvalue weighted by molar-refractivity contribution is -0.156. The number of aromatic nitrogens is 3. The molecule has 8 nitrogen and oxygen atoms in total. The van der Waals surface area contributed by atoms with Gasteiger partial charge in [0.05, 0.1) is 30.5 Å². The molecule has 168 valence electrons. The summed E-state index contributed by atoms with van der Waals surface area (Å²) in [5, 5.41) is 9.21. The van der Waals surface area contributed by atoms with Crippen LogP contribution in [-0.4, -0.2) is 52.4 Å². The molecule has 0 bridgehead atoms. The van der Waals surface area contributed by atoms with Crippen LogP contribution in [0.3, 0.4) is 0 Å². The molecule has 1 saturated heterocycles. The maximum Gasteiger partial charge on any atom is 0.470 e. The first-order valence-electron chi connectivity index (χ1n) is 9.57. The van der Waals surface area contributed by atoms with E-state index in [1.54, 1.807) is 11.0 Å². The number of nitrogens with zero attached hydrogens (tertiary/aromatic N) is 4. The molecule has 1 aromatic carbocycles. The van der Waals surface area contributed by atoms with Gasteiger partial charge in [-0.3, -0.25) is 4.98 Å². The smallest absolute Gasteiger partial charge is 0.413 e. The molecule has 1 aliphatic rings. The minimum absolute atomic E-state index is 0.161. The van der Waals surface area contributed by atoms with Gasteiger partial charge in [0, 0.05) is 19.3 Å². The third kappa shape index (κ3) is 4.85. The van der Waals surface area contributed by atoms with Crippen molar-refractivity contribution < 1.29 is 31.5 Å². The van der Waals surface area contributed by atoms with Crippen molar-refractivity contribution in [2.45, 2.75) is 12.2 Å². The molecule has 1 unspecified atom stereocenters. The summed E-state index contributed by atoms with van der Waals surface area (Å²) in [7, 11) is 0. The SMILES string of the molecule is O=C(NC(c1cccc(F)c1)c1ccc(-c2nnc(C(F)(F)F)o2)cn1)N1CCOCC1. The molecule has 0 aliphatic carbocycles. The van der Waals surface area contributed by atoms with E-state index < -0.39 is 23.9 Å². The van der Waals surface area contributed by atoms with Gasteiger partial charge in [-0.2, -0.15) is 13.2 Å². The highest BCUT2D eigenvalue weighted by molar-refractivity contribution is 5.75. The Hall–Kier alpha value is -3.54. The third-order valence-electron chi connectivity index (χ3n) is 4.74. The van der Waals surface area contributed by atoms with E-state index in [2.05, 4.69) is 24.9 Å². The van der Waals surface area contributed by atoms with Gasteiger partial charge in [-0.05, 0) is 29.8 Å². The number of amides is 2. The number of urea groups is 1. The fourth-order valence-corrected chi connectivity index (χ4v) is 3.15. The summed E-state index contributed by atoms with van der Waals surface area (Å²) in [5.41, 5.74) is 0.953. The number of carbonyl (C=O) groups excluding carboxylic acids is 1. The second-order valence-electron chi connectivity index (χ2n) is 6.92. The highest BCUT2D eigenvalue weighted by Gasteiger charge is 2.38. The van der Waals surface area contributed by atoms with Gasteiger partial charge in [-0.1, -0.05) is 12.1 Å². The molecule has 0 radical (unpaired) electrons. The first kappa shape index (κ1) is 21.7. The Morgan fingerprint density at radius 3 is 2.53 bits per heavy atom. The van der Waals surface area contributed by atoms with Crippen LogP contribution >= 0.6 is 0 Å². The maximum atomic E-state index is 13.8. The van der Waals surface area contributed by atoms with Crippen LogP contribution in [-0.2, 0) is 10.9 Å². The van der Waals surface area contributed by atoms with E-state index >= 15 is 0 Å². The summed E-state index contributed by atoms with van der Waals surface area (Å²) in [4.78, 5) is 18.5. The van der Waals surface area contributed by atoms with Crippen LogP contribution in [0.25, 0.3) is 11.5 Å². The Morgan fingerprint density at radius 1 is 1.12 bits per heavy atom. The Morgan fingerprint density at radius 2 is 1.91 bits per heavy atom. The van der Waals surface area contributed by atoms with Crippen LogP contribution < -0.4 is 5.32 Å². The van der Waals surface area contributed by atoms with Crippen molar-refractivity contribution >= 4 is 6.03 Å². The Kier molecular flexibility index (Phi) is 6.04. The third-order valence-corrected chi connectivity index (χ3v) is 4.74. The molecule has 3 heterocycles. The summed E-state index contributed by atoms with van der Waals surface area (Å²) in [6, 6.07) is 7.43. The van der Waals surface area contributed by atoms with Crippen LogP contribution in [0.5, 0.6) is 0 Å². The minimum Gasteiger partial charge on any atom is -0.413 e. The topological polar surface area (TPSA) is 93.4 Å². The van der Waals surface area contributed by atoms with Gasteiger partial charge in [0.1, 0.15) is 5.82 Å². The molecule has 12 heteroatoms. The molecule has 2 amide bonds. The van der Waals surface area contributed by atoms with Crippen LogP contribution in [0, 0.1) is 5.82 Å². The van der Waals surface area contributed by atoms with Gasteiger partial charge in [0.15, 0.2) is 0 Å². The average Bonchev–Trinajstić information content (AvgIpc) is 3.29. The summed E-state index contributed by atoms with van der Waals surface area (Å²) in [6.07, 6.45) is -3.51. The monoisotopic (exact) mass is 451 g/mol. The zero-order chi connectivity index (χ0) is 22.7. The molecule has 3 aromatic rings. The minimum atomic E-state index is -4.76. The number of hydrogen-bond donors (Lipinski definition) is 1. The second-order valence-corrected chi connectivity index (χ2v) is 6.92. The molecule has 1 fully saturated rings. The standard InChI is InChI=1S/C20H17F4N5O3/c21-14-3-1-2-12(10-14)16(26-19(30)29-6-8-31-9-7-29)15-5-4-13(11-25-15)17-27-28-18(32-17)20(22,23)24/h1-5,10-11,16H,6-9H2,(H,26,30). The molecule has 1 aliphatic heterocycles. The molecular formula is C20H17F4N5O3. The first-order valence-corrected chi connectivity index (χ1v) is 9.57. The molecule has 2 aromatic heterocycles. The predicted molar refractivity (Wildman–Crippen MR) is 102 cm³/mol. The number of halogens is 4. The van der Waals surface area contributed by atoms with Crippen molar-refractivity contribution in [1.29, 1.82) is 0 Å². The first-order chi connectivity index (χ1) is 15.3. The largest absolute Gasteiger partial charge is 0.470 e. The van der Waals surface area contributed by atoms with Crippen molar-refractivity contribution in [3.05, 3.63) is 65.6 Å². The second kappa shape index (κ2) is 8.91. The highest BCUT2D eigenvalue weighted by atomic mass is 19.4. The van der Waals surface area contributed by atoms with E-state index in [-0.39, 0.29) is 17.5 Å². The van der Waals surface area contributed by atoms with Crippen LogP contribution in [0.15, 0.2) is 47.0 Å². The summed E-state index contributed by atoms with van der Waals surface area (Å²) in [6.45, 7) is 1.64. The van der Waals surface area contributed by atoms with E-state index in [0.29, 0.717) is 37.6 Å². The fourth-order valence-electron chi connectivity index (χ4n) is 3.15. The normalized spacial score (nSPS) is 15.4. The molecular weight excluding hydrogens is 434 g/mol. The zero-order valence-corrected chi connectivity index (χ0v) is 16.5. The number of ether oxygens (including phenoxy) is 1. The van der Waals surface area contributed by atoms with Crippen molar-refractivity contribution in [2.75, 3.05) is 26.3 Å². The van der Waals surface area contributed by atoms with Crippen molar-refractivity contribution in [3.8, 4) is 11.5 Å². The van der Waals surface area contributed by atoms with Crippen LogP contribution in [0.1, 0.15) is 23.2 Å². The van der Waals surface area contributed by atoms with E-state index in [1.807, 2.05) is 0 Å². The van der Waals surface area contributed by atoms with Gasteiger partial charge in [0.2, 0.25) is 5.89 Å². The van der Waals surface area contributed by atoms with E-state index in [9.17, 15) is 22.4 Å². The Balaban J connectivity index is 1.60. The van der Waals surface area contributed by atoms with E-state index in [0.717, 1.165) is 0 Å². The van der Waals surface area contributed by atoms with Crippen molar-refractivity contribution in [2.24, 2.45) is 0 Å². The lowest BCUT2D eigenvalue weighted by Crippen LogP contribution is -2.47. The number of pyridine rings is 1. The lowest BCUT2D eigenvalue weighted by atomic mass is 10.0. The molecule has 0 saturated carbocycles. The van der Waals surface area contributed by atoms with Gasteiger partial charge in [-0.25, -0.2) is 9.18 Å². The molecule has 1 N–H and O–H groups in total. The van der Waals surface area contributed by atoms with Crippen LogP contribution in [0.4, 0.5) is 22.4 Å². The maximum absolute atomic E-state index is 13.8. The number of carbonyl (C=O) groups is 1. The van der Waals surface area contributed by atoms with Crippen LogP contribution in [0.2, 0.25) is 0 Å². The number of hydrogen-bond acceptors (Lipinski definition) is 6. The Bertz CT molecular complexity index is 1080. The molecule has 0 spiro atoms. The van der Waals surface area contributed by atoms with E-state index in [4.69, 9.17) is 4.74 Å². The lowest BCUT2D eigenvalue weighted by Gasteiger charge is -2.29. The number of rotatable bonds is 4. The number of morpholine rings is 1. The van der Waals surface area contributed by atoms with E-state index in [1.165, 1.54) is 36.5 Å². The molecule has 4 rings (SSSR count). The average molecular weight is 451 g/mol. The quantitative estimate of drug-likeness (QED) is 0.611. The van der Waals surface area contributed by atoms with Gasteiger partial charge >= 0.3 is 18.1 Å². The summed E-state index contributed by atoms with van der Waals surface area (Å²) in [5.74, 6) is -2.31. The van der Waals surface area contributed by atoms with Crippen molar-refractivity contribution in [3.63, 3.8) is 0 Å². The fraction of sp³-hybridized carbons (Fsp3) is 0.300. The predicted octanol–water partition coefficient (Wildman–Crippen LogP) is 3.42. The van der Waals surface area contributed by atoms with Gasteiger partial charge in [0.25, 0.3) is 0 Å². The summed E-state index contributed by atoms with van der Waals surface area (Å²) < 4.78 is 61.8. The van der Waals surface area contributed by atoms with Gasteiger partial charge in [-0.15, -0.1) is 10.2 Å². The number of nitrogens with one attached hydrogen (secondary N) is 1. The molecule has 1 atom stereocenters. The Labute approximate surface area is 179 Å². The highest BCUT2D eigenvalue weighted by Crippen LogP contribution is 2.30. The molecule has 32 heavy (non-hydrogen) atoms. The number of alkyl halides is 3. The number of benzene rings is 1. The summed E-state index contributed by atoms with van der Waals surface area (Å²) >= 11 is 0. The van der Waals surface area contributed by atoms with Gasteiger partial charge < -0.3 is 19.4 Å². The van der Waals surface area contributed by atoms with Crippen molar-refractivity contribution in [1.82, 2.24) is 25.4 Å². The zero-order valence-electron chi connectivity index (χ0n) is 16.5.